The molecule has 166 valence electrons. The number of nitrogens with zero attached hydrogens (tertiary/aromatic N) is 1. The van der Waals surface area contributed by atoms with Crippen LogP contribution in [0.4, 0.5) is 17.1 Å². The summed E-state index contributed by atoms with van der Waals surface area (Å²) in [6.45, 7) is 0. The Morgan fingerprint density at radius 1 is 0.514 bits per heavy atom. The standard InChI is InChI=1S/C31H19NO2Te/c33-31-25-17-22(32(20-9-3-1-4-10-20)21-11-5-2-6-12-21)15-16-27(25)34-28-19-30-24(18-26(28)31)23-13-7-8-14-29(23)35-30/h1-19H. The molecular weight excluding hydrogens is 546 g/mol. The molecule has 0 spiro atoms. The Hall–Kier alpha value is -3.84. The molecule has 0 aliphatic rings. The molecule has 2 aromatic heterocycles. The van der Waals surface area contributed by atoms with Crippen molar-refractivity contribution in [3.8, 4) is 0 Å². The Morgan fingerprint density at radius 3 is 1.91 bits per heavy atom. The molecule has 5 aromatic carbocycles. The van der Waals surface area contributed by atoms with Crippen molar-refractivity contribution in [1.82, 2.24) is 0 Å². The van der Waals surface area contributed by atoms with Crippen molar-refractivity contribution in [3.63, 3.8) is 0 Å². The summed E-state index contributed by atoms with van der Waals surface area (Å²) in [7, 11) is 0. The van der Waals surface area contributed by atoms with Gasteiger partial charge < -0.3 is 0 Å². The van der Waals surface area contributed by atoms with E-state index in [4.69, 9.17) is 4.42 Å². The van der Waals surface area contributed by atoms with Crippen LogP contribution in [0.15, 0.2) is 124 Å². The van der Waals surface area contributed by atoms with Crippen molar-refractivity contribution in [2.24, 2.45) is 0 Å². The van der Waals surface area contributed by atoms with Crippen molar-refractivity contribution < 1.29 is 4.42 Å². The van der Waals surface area contributed by atoms with Crippen LogP contribution in [0.25, 0.3) is 39.5 Å². The maximum atomic E-state index is 13.8. The molecule has 7 rings (SSSR count). The van der Waals surface area contributed by atoms with Gasteiger partial charge in [-0.05, 0) is 0 Å². The zero-order valence-electron chi connectivity index (χ0n) is 18.6. The zero-order valence-corrected chi connectivity index (χ0v) is 21.0. The molecule has 0 amide bonds. The van der Waals surface area contributed by atoms with E-state index in [9.17, 15) is 4.79 Å². The summed E-state index contributed by atoms with van der Waals surface area (Å²) in [6, 6.07) is 39.0. The van der Waals surface area contributed by atoms with Crippen molar-refractivity contribution >= 4 is 77.0 Å². The fourth-order valence-electron chi connectivity index (χ4n) is 4.80. The van der Waals surface area contributed by atoms with Gasteiger partial charge in [-0.15, -0.1) is 0 Å². The predicted molar refractivity (Wildman–Crippen MR) is 147 cm³/mol. The number of para-hydroxylation sites is 2. The molecule has 3 nitrogen and oxygen atoms in total. The third kappa shape index (κ3) is 3.38. The van der Waals surface area contributed by atoms with E-state index in [2.05, 4.69) is 59.5 Å². The summed E-state index contributed by atoms with van der Waals surface area (Å²) in [6.07, 6.45) is 0. The fraction of sp³-hybridized carbons (Fsp3) is 0. The van der Waals surface area contributed by atoms with Crippen LogP contribution in [-0.4, -0.2) is 20.4 Å². The second-order valence-corrected chi connectivity index (χ2v) is 11.7. The van der Waals surface area contributed by atoms with E-state index in [1.165, 1.54) is 17.6 Å². The number of hydrogen-bond acceptors (Lipinski definition) is 3. The molecule has 0 aliphatic heterocycles. The van der Waals surface area contributed by atoms with Gasteiger partial charge >= 0.3 is 200 Å². The number of rotatable bonds is 3. The van der Waals surface area contributed by atoms with E-state index in [1.54, 1.807) is 0 Å². The molecule has 35 heavy (non-hydrogen) atoms. The maximum absolute atomic E-state index is 13.8. The molecule has 0 saturated carbocycles. The van der Waals surface area contributed by atoms with E-state index >= 15 is 0 Å². The molecule has 0 N–H and O–H groups in total. The van der Waals surface area contributed by atoms with Gasteiger partial charge in [-0.25, -0.2) is 0 Å². The third-order valence-corrected chi connectivity index (χ3v) is 9.67. The van der Waals surface area contributed by atoms with Gasteiger partial charge in [0.05, 0.1) is 0 Å². The number of hydrogen-bond donors (Lipinski definition) is 0. The van der Waals surface area contributed by atoms with Crippen molar-refractivity contribution in [3.05, 3.63) is 125 Å². The molecule has 0 aliphatic carbocycles. The van der Waals surface area contributed by atoms with Crippen LogP contribution in [0.2, 0.25) is 0 Å². The van der Waals surface area contributed by atoms with Gasteiger partial charge in [-0.1, -0.05) is 12.1 Å². The first-order chi connectivity index (χ1) is 17.3. The van der Waals surface area contributed by atoms with Gasteiger partial charge in [0.15, 0.2) is 0 Å². The summed E-state index contributed by atoms with van der Waals surface area (Å²) in [5, 5.41) is 3.69. The molecule has 0 bridgehead atoms. The Balaban J connectivity index is 1.48. The first-order valence-electron chi connectivity index (χ1n) is 11.5. The Bertz CT molecular complexity index is 1880. The molecule has 2 heterocycles. The van der Waals surface area contributed by atoms with Crippen LogP contribution < -0.4 is 10.3 Å². The average molecular weight is 565 g/mol. The molecule has 0 fully saturated rings. The van der Waals surface area contributed by atoms with Gasteiger partial charge in [0, 0.05) is 0 Å². The van der Waals surface area contributed by atoms with Gasteiger partial charge in [0.25, 0.3) is 0 Å². The molecule has 0 saturated heterocycles. The van der Waals surface area contributed by atoms with Gasteiger partial charge in [-0.3, -0.25) is 0 Å². The van der Waals surface area contributed by atoms with E-state index in [-0.39, 0.29) is 5.43 Å². The van der Waals surface area contributed by atoms with Crippen molar-refractivity contribution in [1.29, 1.82) is 0 Å². The Labute approximate surface area is 211 Å². The third-order valence-electron chi connectivity index (χ3n) is 6.44. The number of fused-ring (bicyclic) bond motifs is 5. The minimum atomic E-state index is -0.466. The minimum absolute atomic E-state index is 0.0111. The molecule has 7 aromatic rings. The van der Waals surface area contributed by atoms with E-state index in [0.29, 0.717) is 21.9 Å². The van der Waals surface area contributed by atoms with Gasteiger partial charge in [0.1, 0.15) is 0 Å². The first-order valence-corrected chi connectivity index (χ1v) is 13.8. The zero-order chi connectivity index (χ0) is 23.4. The van der Waals surface area contributed by atoms with Crippen molar-refractivity contribution in [2.75, 3.05) is 4.90 Å². The Kier molecular flexibility index (Phi) is 4.77. The van der Waals surface area contributed by atoms with E-state index in [0.717, 1.165) is 17.1 Å². The molecular formula is C31H19NO2Te. The number of benzene rings is 5. The summed E-state index contributed by atoms with van der Waals surface area (Å²) in [5.41, 5.74) is 4.28. The van der Waals surface area contributed by atoms with Gasteiger partial charge in [0.2, 0.25) is 0 Å². The molecule has 0 radical (unpaired) electrons. The van der Waals surface area contributed by atoms with E-state index < -0.39 is 20.4 Å². The summed E-state index contributed by atoms with van der Waals surface area (Å²) >= 11 is -0.466. The van der Waals surface area contributed by atoms with Crippen LogP contribution in [-0.2, 0) is 0 Å². The summed E-state index contributed by atoms with van der Waals surface area (Å²) in [5.74, 6) is 0. The topological polar surface area (TPSA) is 33.5 Å². The quantitative estimate of drug-likeness (QED) is 0.162. The fourth-order valence-corrected chi connectivity index (χ4v) is 7.99. The summed E-state index contributed by atoms with van der Waals surface area (Å²) < 4.78 is 9.06. The van der Waals surface area contributed by atoms with Crippen LogP contribution in [0.1, 0.15) is 0 Å². The second kappa shape index (κ2) is 8.13. The SMILES string of the molecule is O=c1c2cc(N(c3ccccc3)c3ccccc3)ccc2oc2cc3[te]c4ccccc4c3cc12. The molecule has 0 atom stereocenters. The van der Waals surface area contributed by atoms with Crippen LogP contribution in [0.3, 0.4) is 0 Å². The monoisotopic (exact) mass is 567 g/mol. The van der Waals surface area contributed by atoms with Crippen LogP contribution >= 0.6 is 0 Å². The first kappa shape index (κ1) is 20.5. The molecule has 4 heteroatoms. The summed E-state index contributed by atoms with van der Waals surface area (Å²) in [4.78, 5) is 15.9. The van der Waals surface area contributed by atoms with E-state index in [1.807, 2.05) is 60.7 Å². The second-order valence-electron chi connectivity index (χ2n) is 8.56. The van der Waals surface area contributed by atoms with Crippen molar-refractivity contribution in [2.45, 2.75) is 0 Å². The normalized spacial score (nSPS) is 11.5. The van der Waals surface area contributed by atoms with Crippen LogP contribution in [0.5, 0.6) is 0 Å². The van der Waals surface area contributed by atoms with Gasteiger partial charge in [-0.2, -0.15) is 0 Å². The Morgan fingerprint density at radius 2 is 1.17 bits per heavy atom. The predicted octanol–water partition coefficient (Wildman–Crippen LogP) is 7.78. The number of anilines is 3. The van der Waals surface area contributed by atoms with Crippen LogP contribution in [0, 0.1) is 0 Å². The average Bonchev–Trinajstić information content (AvgIpc) is 3.27. The molecule has 0 unspecified atom stereocenters.